The molecule has 0 saturated carbocycles. The van der Waals surface area contributed by atoms with Crippen LogP contribution in [0.1, 0.15) is 36.1 Å². The van der Waals surface area contributed by atoms with Crippen LogP contribution in [0, 0.1) is 0 Å². The highest BCUT2D eigenvalue weighted by atomic mass is 14.4. The summed E-state index contributed by atoms with van der Waals surface area (Å²) < 4.78 is 0. The van der Waals surface area contributed by atoms with Gasteiger partial charge in [0.25, 0.3) is 0 Å². The molecule has 2 aliphatic carbocycles. The minimum Gasteiger partial charge on any atom is -0.0991 e. The van der Waals surface area contributed by atoms with Gasteiger partial charge in [0.05, 0.1) is 0 Å². The SMILES string of the molecule is C=CC=CC1=Cc2ccc(-c3cc4ccc(-c5ccc6c(c5)C(C)(C)c5ccccc5-6)cc4c4ccccc34)c3cccc1c23. The third-order valence-electron chi connectivity index (χ3n) is 10.2. The monoisotopic (exact) mass is 572 g/mol. The summed E-state index contributed by atoms with van der Waals surface area (Å²) in [5.41, 5.74) is 14.4. The minimum absolute atomic E-state index is 0.0156. The van der Waals surface area contributed by atoms with Gasteiger partial charge < -0.3 is 0 Å². The third kappa shape index (κ3) is 3.72. The van der Waals surface area contributed by atoms with Gasteiger partial charge in [-0.2, -0.15) is 0 Å². The molecular weight excluding hydrogens is 540 g/mol. The first-order valence-electron chi connectivity index (χ1n) is 15.8. The molecule has 0 atom stereocenters. The van der Waals surface area contributed by atoms with E-state index in [-0.39, 0.29) is 5.41 Å². The molecule has 9 rings (SSSR count). The Labute approximate surface area is 264 Å². The fourth-order valence-corrected chi connectivity index (χ4v) is 7.97. The van der Waals surface area contributed by atoms with Crippen molar-refractivity contribution in [1.82, 2.24) is 0 Å². The molecule has 0 heteroatoms. The standard InChI is InChI=1S/C45H32/c1-4-5-11-30-24-32-21-22-36(39-16-10-15-33(30)44(32)39)41-26-31-19-18-28(25-40(31)34-12-6-7-13-35(34)41)29-20-23-38-37-14-8-9-17-42(37)45(2,3)43(38)27-29/h4-27H,1H2,2-3H3. The van der Waals surface area contributed by atoms with Gasteiger partial charge in [0.2, 0.25) is 0 Å². The Morgan fingerprint density at radius 1 is 0.533 bits per heavy atom. The molecule has 212 valence electrons. The van der Waals surface area contributed by atoms with Crippen molar-refractivity contribution < 1.29 is 0 Å². The minimum atomic E-state index is -0.0156. The predicted molar refractivity (Wildman–Crippen MR) is 195 cm³/mol. The summed E-state index contributed by atoms with van der Waals surface area (Å²) in [6, 6.07) is 45.5. The van der Waals surface area contributed by atoms with Crippen LogP contribution in [0.25, 0.3) is 77.3 Å². The van der Waals surface area contributed by atoms with E-state index in [1.54, 1.807) is 0 Å². The quantitative estimate of drug-likeness (QED) is 0.145. The highest BCUT2D eigenvalue weighted by molar-refractivity contribution is 6.20. The summed E-state index contributed by atoms with van der Waals surface area (Å²) in [4.78, 5) is 0. The largest absolute Gasteiger partial charge is 0.0991 e. The van der Waals surface area contributed by atoms with Gasteiger partial charge in [0.1, 0.15) is 0 Å². The lowest BCUT2D eigenvalue weighted by molar-refractivity contribution is 0.660. The van der Waals surface area contributed by atoms with Crippen LogP contribution in [-0.2, 0) is 5.41 Å². The molecule has 0 aromatic heterocycles. The second-order valence-corrected chi connectivity index (χ2v) is 13.0. The van der Waals surface area contributed by atoms with Gasteiger partial charge in [-0.15, -0.1) is 0 Å². The molecule has 0 bridgehead atoms. The molecular formula is C45H32. The Morgan fingerprint density at radius 3 is 2.13 bits per heavy atom. The lowest BCUT2D eigenvalue weighted by Gasteiger charge is -2.22. The first-order valence-corrected chi connectivity index (χ1v) is 15.8. The number of rotatable bonds is 4. The zero-order valence-electron chi connectivity index (χ0n) is 25.6. The van der Waals surface area contributed by atoms with Gasteiger partial charge in [-0.1, -0.05) is 142 Å². The number of fused-ring (bicyclic) bond motifs is 6. The summed E-state index contributed by atoms with van der Waals surface area (Å²) in [5, 5.41) is 7.76. The first-order chi connectivity index (χ1) is 22.0. The second kappa shape index (κ2) is 9.52. The maximum Gasteiger partial charge on any atom is 0.0159 e. The van der Waals surface area contributed by atoms with E-state index in [0.29, 0.717) is 0 Å². The molecule has 0 amide bonds. The summed E-state index contributed by atoms with van der Waals surface area (Å²) >= 11 is 0. The van der Waals surface area contributed by atoms with Crippen molar-refractivity contribution >= 4 is 44.0 Å². The maximum absolute atomic E-state index is 3.86. The van der Waals surface area contributed by atoms with Gasteiger partial charge in [0.15, 0.2) is 0 Å². The highest BCUT2D eigenvalue weighted by Gasteiger charge is 2.35. The van der Waals surface area contributed by atoms with E-state index in [2.05, 4.69) is 154 Å². The molecule has 0 unspecified atom stereocenters. The zero-order chi connectivity index (χ0) is 30.3. The van der Waals surface area contributed by atoms with E-state index in [9.17, 15) is 0 Å². The molecule has 0 fully saturated rings. The second-order valence-electron chi connectivity index (χ2n) is 13.0. The zero-order valence-corrected chi connectivity index (χ0v) is 25.6. The van der Waals surface area contributed by atoms with Crippen LogP contribution in [0.3, 0.4) is 0 Å². The molecule has 0 radical (unpaired) electrons. The maximum atomic E-state index is 3.86. The molecule has 0 saturated heterocycles. The Hall–Kier alpha value is -5.46. The fraction of sp³-hybridized carbons (Fsp3) is 0.0667. The molecule has 0 nitrogen and oxygen atoms in total. The van der Waals surface area contributed by atoms with Crippen molar-refractivity contribution in [2.45, 2.75) is 19.3 Å². The van der Waals surface area contributed by atoms with E-state index in [1.165, 1.54) is 93.5 Å². The highest BCUT2D eigenvalue weighted by Crippen LogP contribution is 2.50. The number of benzene rings is 7. The van der Waals surface area contributed by atoms with E-state index in [0.717, 1.165) is 0 Å². The van der Waals surface area contributed by atoms with Crippen molar-refractivity contribution in [2.24, 2.45) is 0 Å². The number of hydrogen-bond donors (Lipinski definition) is 0. The number of allylic oxidation sites excluding steroid dienone is 4. The van der Waals surface area contributed by atoms with Crippen LogP contribution in [0.2, 0.25) is 0 Å². The predicted octanol–water partition coefficient (Wildman–Crippen LogP) is 12.4. The topological polar surface area (TPSA) is 0 Å². The summed E-state index contributed by atoms with van der Waals surface area (Å²) in [6.07, 6.45) is 8.31. The van der Waals surface area contributed by atoms with Crippen LogP contribution in [0.15, 0.2) is 146 Å². The fourth-order valence-electron chi connectivity index (χ4n) is 7.97. The summed E-state index contributed by atoms with van der Waals surface area (Å²) in [7, 11) is 0. The van der Waals surface area contributed by atoms with Gasteiger partial charge in [-0.25, -0.2) is 0 Å². The lowest BCUT2D eigenvalue weighted by Crippen LogP contribution is -2.14. The Kier molecular flexibility index (Phi) is 5.50. The Bertz CT molecular complexity index is 2460. The summed E-state index contributed by atoms with van der Waals surface area (Å²) in [5.74, 6) is 0. The van der Waals surface area contributed by atoms with Crippen molar-refractivity contribution in [3.05, 3.63) is 168 Å². The first kappa shape index (κ1) is 26.0. The normalized spacial score (nSPS) is 14.3. The van der Waals surface area contributed by atoms with Crippen molar-refractivity contribution in [3.63, 3.8) is 0 Å². The van der Waals surface area contributed by atoms with E-state index in [1.807, 2.05) is 12.2 Å². The summed E-state index contributed by atoms with van der Waals surface area (Å²) in [6.45, 7) is 8.57. The molecule has 0 N–H and O–H groups in total. The Balaban J connectivity index is 1.21. The van der Waals surface area contributed by atoms with Crippen LogP contribution >= 0.6 is 0 Å². The smallest absolute Gasteiger partial charge is 0.0159 e. The molecule has 7 aromatic carbocycles. The van der Waals surface area contributed by atoms with Gasteiger partial charge in [0, 0.05) is 5.41 Å². The van der Waals surface area contributed by atoms with Crippen LogP contribution in [-0.4, -0.2) is 0 Å². The van der Waals surface area contributed by atoms with Crippen LogP contribution in [0.4, 0.5) is 0 Å². The van der Waals surface area contributed by atoms with E-state index >= 15 is 0 Å². The van der Waals surface area contributed by atoms with Gasteiger partial charge >= 0.3 is 0 Å². The van der Waals surface area contributed by atoms with E-state index < -0.39 is 0 Å². The van der Waals surface area contributed by atoms with Crippen LogP contribution < -0.4 is 0 Å². The Morgan fingerprint density at radius 2 is 1.24 bits per heavy atom. The molecule has 0 spiro atoms. The van der Waals surface area contributed by atoms with Crippen molar-refractivity contribution in [3.8, 4) is 33.4 Å². The molecule has 7 aromatic rings. The molecule has 0 heterocycles. The van der Waals surface area contributed by atoms with E-state index in [4.69, 9.17) is 0 Å². The molecule has 2 aliphatic rings. The number of hydrogen-bond acceptors (Lipinski definition) is 0. The average molecular weight is 573 g/mol. The van der Waals surface area contributed by atoms with Gasteiger partial charge in [-0.05, 0) is 118 Å². The lowest BCUT2D eigenvalue weighted by atomic mass is 9.81. The molecule has 0 aliphatic heterocycles. The molecule has 45 heavy (non-hydrogen) atoms. The average Bonchev–Trinajstić information content (AvgIpc) is 3.56. The van der Waals surface area contributed by atoms with Crippen LogP contribution in [0.5, 0.6) is 0 Å². The van der Waals surface area contributed by atoms with Crippen molar-refractivity contribution in [2.75, 3.05) is 0 Å². The van der Waals surface area contributed by atoms with Crippen molar-refractivity contribution in [1.29, 1.82) is 0 Å². The third-order valence-corrected chi connectivity index (χ3v) is 10.2. The van der Waals surface area contributed by atoms with Gasteiger partial charge in [-0.3, -0.25) is 0 Å².